The number of fused-ring (bicyclic) bond motifs is 1. The molecule has 1 saturated heterocycles. The van der Waals surface area contributed by atoms with E-state index in [2.05, 4.69) is 4.90 Å². The van der Waals surface area contributed by atoms with Gasteiger partial charge in [-0.25, -0.2) is 4.39 Å². The van der Waals surface area contributed by atoms with E-state index in [1.807, 2.05) is 37.3 Å². The fourth-order valence-electron chi connectivity index (χ4n) is 5.00. The first-order valence-corrected chi connectivity index (χ1v) is 12.1. The predicted molar refractivity (Wildman–Crippen MR) is 135 cm³/mol. The Labute approximate surface area is 205 Å². The van der Waals surface area contributed by atoms with E-state index in [4.69, 9.17) is 9.47 Å². The van der Waals surface area contributed by atoms with E-state index in [0.717, 1.165) is 53.8 Å². The number of allylic oxidation sites excluding steroid dienone is 1. The smallest absolute Gasteiger partial charge is 0.150 e. The summed E-state index contributed by atoms with van der Waals surface area (Å²) in [6.45, 7) is 3.76. The molecule has 0 aromatic heterocycles. The normalized spacial score (nSPS) is 18.7. The van der Waals surface area contributed by atoms with Gasteiger partial charge in [-0.05, 0) is 92.0 Å². The average molecular weight is 476 g/mol. The molecule has 35 heavy (non-hydrogen) atoms. The summed E-state index contributed by atoms with van der Waals surface area (Å²) >= 11 is 0. The molecule has 3 aromatic rings. The zero-order valence-electron chi connectivity index (χ0n) is 19.8. The van der Waals surface area contributed by atoms with Crippen LogP contribution >= 0.6 is 0 Å². The van der Waals surface area contributed by atoms with Crippen molar-refractivity contribution in [1.29, 1.82) is 0 Å². The molecule has 0 aliphatic carbocycles. The molecule has 0 bridgehead atoms. The largest absolute Gasteiger partial charge is 0.508 e. The number of aromatic hydroxyl groups is 2. The number of likely N-dealkylation sites (tertiary alicyclic amines) is 1. The van der Waals surface area contributed by atoms with Crippen molar-refractivity contribution in [3.05, 3.63) is 83.4 Å². The van der Waals surface area contributed by atoms with Crippen LogP contribution in [0.2, 0.25) is 0 Å². The van der Waals surface area contributed by atoms with Gasteiger partial charge < -0.3 is 19.7 Å². The predicted octanol–water partition coefficient (Wildman–Crippen LogP) is 5.97. The number of hydrogen-bond donors (Lipinski definition) is 2. The minimum Gasteiger partial charge on any atom is -0.508 e. The number of rotatable bonds is 7. The maximum absolute atomic E-state index is 13.6. The lowest BCUT2D eigenvalue weighted by Crippen LogP contribution is -2.39. The van der Waals surface area contributed by atoms with E-state index in [0.29, 0.717) is 18.1 Å². The first kappa shape index (κ1) is 23.2. The van der Waals surface area contributed by atoms with E-state index < -0.39 is 12.8 Å². The summed E-state index contributed by atoms with van der Waals surface area (Å²) < 4.78 is 25.9. The minimum absolute atomic E-state index is 0.169. The van der Waals surface area contributed by atoms with Crippen LogP contribution in [-0.4, -0.2) is 47.5 Å². The van der Waals surface area contributed by atoms with Crippen LogP contribution in [0.5, 0.6) is 23.0 Å². The molecule has 2 aliphatic heterocycles. The molecule has 1 fully saturated rings. The number of phenols is 2. The molecule has 0 amide bonds. The molecule has 0 spiro atoms. The van der Waals surface area contributed by atoms with E-state index in [-0.39, 0.29) is 17.5 Å². The lowest BCUT2D eigenvalue weighted by molar-refractivity contribution is 0.135. The minimum atomic E-state index is -0.416. The van der Waals surface area contributed by atoms with Crippen LogP contribution in [0.4, 0.5) is 4.39 Å². The fourth-order valence-corrected chi connectivity index (χ4v) is 5.00. The van der Waals surface area contributed by atoms with Gasteiger partial charge in [-0.15, -0.1) is 0 Å². The Morgan fingerprint density at radius 2 is 1.74 bits per heavy atom. The van der Waals surface area contributed by atoms with Gasteiger partial charge in [0.05, 0.1) is 6.04 Å². The van der Waals surface area contributed by atoms with Crippen LogP contribution in [0.25, 0.3) is 11.1 Å². The van der Waals surface area contributed by atoms with Gasteiger partial charge in [0.2, 0.25) is 0 Å². The summed E-state index contributed by atoms with van der Waals surface area (Å²) in [6, 6.07) is 19.7. The highest BCUT2D eigenvalue weighted by Gasteiger charge is 2.30. The third-order valence-corrected chi connectivity index (χ3v) is 6.90. The van der Waals surface area contributed by atoms with Crippen molar-refractivity contribution in [1.82, 2.24) is 4.90 Å². The number of benzene rings is 3. The highest BCUT2D eigenvalue weighted by atomic mass is 19.1. The summed E-state index contributed by atoms with van der Waals surface area (Å²) in [6.07, 6.45) is 1.82. The molecule has 182 valence electrons. The molecule has 2 unspecified atom stereocenters. The molecule has 5 nitrogen and oxygen atoms in total. The van der Waals surface area contributed by atoms with Crippen molar-refractivity contribution in [2.24, 2.45) is 0 Å². The van der Waals surface area contributed by atoms with Crippen molar-refractivity contribution >= 4 is 11.1 Å². The standard InChI is InChI=1S/C29H30FNO4/c1-19-26-16-24(33)9-12-27(26)35-29(28(19)21-5-4-6-23(32)15-21)20-7-10-25(11-8-20)34-18-22(17-30)31-13-2-3-14-31/h4-12,15-16,22,29,32-33H,2-3,13-14,17-18H2,1H3. The Hall–Kier alpha value is -3.51. The van der Waals surface area contributed by atoms with Crippen molar-refractivity contribution in [3.8, 4) is 23.0 Å². The van der Waals surface area contributed by atoms with Crippen molar-refractivity contribution in [2.75, 3.05) is 26.4 Å². The van der Waals surface area contributed by atoms with Crippen LogP contribution in [0, 0.1) is 0 Å². The maximum Gasteiger partial charge on any atom is 0.150 e. The molecule has 3 aromatic carbocycles. The monoisotopic (exact) mass is 475 g/mol. The van der Waals surface area contributed by atoms with E-state index in [9.17, 15) is 14.6 Å². The maximum atomic E-state index is 13.6. The molecule has 2 N–H and O–H groups in total. The van der Waals surface area contributed by atoms with Gasteiger partial charge in [0.1, 0.15) is 42.4 Å². The zero-order valence-corrected chi connectivity index (χ0v) is 19.8. The Kier molecular flexibility index (Phi) is 6.64. The number of nitrogens with zero attached hydrogens (tertiary/aromatic N) is 1. The zero-order chi connectivity index (χ0) is 24.4. The summed E-state index contributed by atoms with van der Waals surface area (Å²) in [7, 11) is 0. The van der Waals surface area contributed by atoms with E-state index in [1.54, 1.807) is 36.4 Å². The fraction of sp³-hybridized carbons (Fsp3) is 0.310. The van der Waals surface area contributed by atoms with Crippen molar-refractivity contribution in [3.63, 3.8) is 0 Å². The summed E-state index contributed by atoms with van der Waals surface area (Å²) in [5.74, 6) is 1.72. The lowest BCUT2D eigenvalue weighted by atomic mass is 9.86. The molecule has 2 heterocycles. The van der Waals surface area contributed by atoms with Gasteiger partial charge in [0, 0.05) is 11.1 Å². The average Bonchev–Trinajstić information content (AvgIpc) is 3.40. The van der Waals surface area contributed by atoms with Crippen LogP contribution in [0.3, 0.4) is 0 Å². The van der Waals surface area contributed by atoms with Gasteiger partial charge in [0.25, 0.3) is 0 Å². The van der Waals surface area contributed by atoms with Crippen LogP contribution in [-0.2, 0) is 0 Å². The second kappa shape index (κ2) is 10.0. The Morgan fingerprint density at radius 1 is 1.00 bits per heavy atom. The molecule has 6 heteroatoms. The van der Waals surface area contributed by atoms with Crippen LogP contribution in [0.1, 0.15) is 42.6 Å². The highest BCUT2D eigenvalue weighted by Crippen LogP contribution is 2.47. The summed E-state index contributed by atoms with van der Waals surface area (Å²) in [5, 5.41) is 20.2. The topological polar surface area (TPSA) is 62.2 Å². The molecular formula is C29H30FNO4. The Morgan fingerprint density at radius 3 is 2.46 bits per heavy atom. The number of phenolic OH excluding ortho intramolecular Hbond substituents is 2. The van der Waals surface area contributed by atoms with Gasteiger partial charge in [-0.3, -0.25) is 4.90 Å². The molecule has 5 rings (SSSR count). The number of hydrogen-bond acceptors (Lipinski definition) is 5. The summed E-state index contributed by atoms with van der Waals surface area (Å²) in [4.78, 5) is 2.16. The molecular weight excluding hydrogens is 445 g/mol. The third-order valence-electron chi connectivity index (χ3n) is 6.90. The van der Waals surface area contributed by atoms with Gasteiger partial charge in [-0.2, -0.15) is 0 Å². The third kappa shape index (κ3) is 4.84. The van der Waals surface area contributed by atoms with Gasteiger partial charge in [-0.1, -0.05) is 24.3 Å². The first-order valence-electron chi connectivity index (χ1n) is 12.1. The van der Waals surface area contributed by atoms with E-state index in [1.165, 1.54) is 0 Å². The Bertz CT molecular complexity index is 1220. The van der Waals surface area contributed by atoms with Gasteiger partial charge in [0.15, 0.2) is 0 Å². The SMILES string of the molecule is CC1=C(c2cccc(O)c2)C(c2ccc(OCC(CF)N3CCCC3)cc2)Oc2ccc(O)cc21. The first-order chi connectivity index (χ1) is 17.0. The summed E-state index contributed by atoms with van der Waals surface area (Å²) in [5.41, 5.74) is 4.47. The highest BCUT2D eigenvalue weighted by molar-refractivity contribution is 5.95. The number of halogens is 1. The van der Waals surface area contributed by atoms with Crippen molar-refractivity contribution < 1.29 is 24.1 Å². The van der Waals surface area contributed by atoms with Gasteiger partial charge >= 0.3 is 0 Å². The Balaban J connectivity index is 1.42. The number of ether oxygens (including phenoxy) is 2. The quantitative estimate of drug-likeness (QED) is 0.441. The second-order valence-electron chi connectivity index (χ2n) is 9.20. The van der Waals surface area contributed by atoms with Crippen molar-refractivity contribution in [2.45, 2.75) is 31.9 Å². The lowest BCUT2D eigenvalue weighted by Gasteiger charge is -2.31. The molecule has 2 aliphatic rings. The molecule has 2 atom stereocenters. The second-order valence-corrected chi connectivity index (χ2v) is 9.20. The van der Waals surface area contributed by atoms with E-state index >= 15 is 0 Å². The molecule has 0 radical (unpaired) electrons. The van der Waals surface area contributed by atoms with Crippen LogP contribution < -0.4 is 9.47 Å². The molecule has 0 saturated carbocycles. The number of alkyl halides is 1. The van der Waals surface area contributed by atoms with Crippen LogP contribution in [0.15, 0.2) is 66.7 Å².